The molecule has 0 bridgehead atoms. The topological polar surface area (TPSA) is 3.24 Å². The Morgan fingerprint density at radius 1 is 1.00 bits per heavy atom. The summed E-state index contributed by atoms with van der Waals surface area (Å²) in [6.07, 6.45) is 0. The highest BCUT2D eigenvalue weighted by Crippen LogP contribution is 2.21. The summed E-state index contributed by atoms with van der Waals surface area (Å²) in [6, 6.07) is 13.1. The molecule has 0 unspecified atom stereocenters. The van der Waals surface area contributed by atoms with Crippen LogP contribution in [0.4, 0.5) is 10.1 Å². The van der Waals surface area contributed by atoms with Crippen LogP contribution in [0.1, 0.15) is 16.7 Å². The van der Waals surface area contributed by atoms with Gasteiger partial charge in [0.1, 0.15) is 5.82 Å². The first-order chi connectivity index (χ1) is 8.56. The van der Waals surface area contributed by atoms with E-state index in [1.807, 2.05) is 12.1 Å². The number of hydrogen-bond acceptors (Lipinski definition) is 1. The molecule has 0 aliphatic rings. The smallest absolute Gasteiger partial charge is 0.123 e. The molecule has 0 N–H and O–H groups in total. The molecule has 2 aromatic rings. The van der Waals surface area contributed by atoms with Gasteiger partial charge in [-0.3, -0.25) is 0 Å². The van der Waals surface area contributed by atoms with E-state index in [1.165, 1.54) is 28.9 Å². The van der Waals surface area contributed by atoms with Crippen molar-refractivity contribution in [3.8, 4) is 0 Å². The van der Waals surface area contributed by atoms with Crippen LogP contribution in [-0.2, 0) is 6.54 Å². The molecule has 0 aliphatic heterocycles. The Bertz CT molecular complexity index is 531. The zero-order valence-electron chi connectivity index (χ0n) is 11.1. The lowest BCUT2D eigenvalue weighted by Crippen LogP contribution is -2.17. The van der Waals surface area contributed by atoms with E-state index in [9.17, 15) is 4.39 Å². The van der Waals surface area contributed by atoms with E-state index in [0.717, 1.165) is 12.1 Å². The zero-order valence-corrected chi connectivity index (χ0v) is 11.1. The molecule has 0 aromatic heterocycles. The molecule has 0 spiro atoms. The van der Waals surface area contributed by atoms with E-state index in [-0.39, 0.29) is 5.82 Å². The van der Waals surface area contributed by atoms with Crippen molar-refractivity contribution in [2.24, 2.45) is 0 Å². The number of halogens is 1. The van der Waals surface area contributed by atoms with Gasteiger partial charge in [-0.2, -0.15) is 0 Å². The summed E-state index contributed by atoms with van der Waals surface area (Å²) in [5, 5.41) is 0. The van der Waals surface area contributed by atoms with Gasteiger partial charge >= 0.3 is 0 Å². The fraction of sp³-hybridized carbons (Fsp3) is 0.250. The van der Waals surface area contributed by atoms with E-state index in [0.29, 0.717) is 0 Å². The van der Waals surface area contributed by atoms with Crippen molar-refractivity contribution >= 4 is 5.69 Å². The fourth-order valence-electron chi connectivity index (χ4n) is 2.18. The van der Waals surface area contributed by atoms with Crippen LogP contribution in [0, 0.1) is 19.7 Å². The Kier molecular flexibility index (Phi) is 3.66. The standard InChI is InChI=1S/C16H18FN/c1-12-4-9-16(13(2)10-12)18(3)11-14-5-7-15(17)8-6-14/h4-10H,11H2,1-3H3. The Morgan fingerprint density at radius 3 is 2.28 bits per heavy atom. The highest BCUT2D eigenvalue weighted by Gasteiger charge is 2.05. The third-order valence-electron chi connectivity index (χ3n) is 3.10. The molecule has 1 nitrogen and oxygen atoms in total. The van der Waals surface area contributed by atoms with Gasteiger partial charge in [0.15, 0.2) is 0 Å². The number of benzene rings is 2. The van der Waals surface area contributed by atoms with Crippen molar-refractivity contribution in [1.82, 2.24) is 0 Å². The van der Waals surface area contributed by atoms with Crippen molar-refractivity contribution < 1.29 is 4.39 Å². The monoisotopic (exact) mass is 243 g/mol. The first-order valence-electron chi connectivity index (χ1n) is 6.09. The van der Waals surface area contributed by atoms with Gasteiger partial charge in [-0.25, -0.2) is 4.39 Å². The van der Waals surface area contributed by atoms with Gasteiger partial charge in [-0.1, -0.05) is 29.8 Å². The lowest BCUT2D eigenvalue weighted by atomic mass is 10.1. The summed E-state index contributed by atoms with van der Waals surface area (Å²) in [5.41, 5.74) is 4.86. The molecule has 2 rings (SSSR count). The summed E-state index contributed by atoms with van der Waals surface area (Å²) in [7, 11) is 2.06. The van der Waals surface area contributed by atoms with Gasteiger partial charge in [-0.05, 0) is 43.2 Å². The molecule has 0 amide bonds. The number of hydrogen-bond donors (Lipinski definition) is 0. The molecule has 2 heteroatoms. The Labute approximate surface area is 108 Å². The number of anilines is 1. The maximum atomic E-state index is 12.8. The van der Waals surface area contributed by atoms with Gasteiger partial charge in [0.2, 0.25) is 0 Å². The molecule has 0 saturated heterocycles. The second-order valence-electron chi connectivity index (χ2n) is 4.77. The van der Waals surface area contributed by atoms with Crippen LogP contribution in [0.15, 0.2) is 42.5 Å². The van der Waals surface area contributed by atoms with E-state index < -0.39 is 0 Å². The fourth-order valence-corrected chi connectivity index (χ4v) is 2.18. The van der Waals surface area contributed by atoms with Crippen molar-refractivity contribution in [2.75, 3.05) is 11.9 Å². The summed E-state index contributed by atoms with van der Waals surface area (Å²) < 4.78 is 12.8. The Morgan fingerprint density at radius 2 is 1.67 bits per heavy atom. The summed E-state index contributed by atoms with van der Waals surface area (Å²) in [6.45, 7) is 4.99. The molecule has 0 saturated carbocycles. The van der Waals surface area contributed by atoms with E-state index in [1.54, 1.807) is 0 Å². The normalized spacial score (nSPS) is 10.4. The van der Waals surface area contributed by atoms with Gasteiger partial charge < -0.3 is 4.90 Å². The molecule has 18 heavy (non-hydrogen) atoms. The van der Waals surface area contributed by atoms with Gasteiger partial charge in [0, 0.05) is 19.3 Å². The molecule has 0 heterocycles. The third-order valence-corrected chi connectivity index (χ3v) is 3.10. The Balaban J connectivity index is 2.16. The lowest BCUT2D eigenvalue weighted by Gasteiger charge is -2.22. The lowest BCUT2D eigenvalue weighted by molar-refractivity contribution is 0.627. The van der Waals surface area contributed by atoms with Gasteiger partial charge in [0.05, 0.1) is 0 Å². The van der Waals surface area contributed by atoms with Crippen LogP contribution >= 0.6 is 0 Å². The molecule has 0 aliphatic carbocycles. The molecule has 0 radical (unpaired) electrons. The number of rotatable bonds is 3. The van der Waals surface area contributed by atoms with Gasteiger partial charge in [-0.15, -0.1) is 0 Å². The maximum absolute atomic E-state index is 12.8. The predicted molar refractivity (Wildman–Crippen MR) is 74.4 cm³/mol. The minimum absolute atomic E-state index is 0.187. The molecule has 2 aromatic carbocycles. The van der Waals surface area contributed by atoms with Crippen LogP contribution in [-0.4, -0.2) is 7.05 Å². The van der Waals surface area contributed by atoms with Crippen LogP contribution in [0.5, 0.6) is 0 Å². The maximum Gasteiger partial charge on any atom is 0.123 e. The van der Waals surface area contributed by atoms with Crippen molar-refractivity contribution in [3.63, 3.8) is 0 Å². The molecular formula is C16H18FN. The molecule has 94 valence electrons. The van der Waals surface area contributed by atoms with Crippen LogP contribution < -0.4 is 4.90 Å². The summed E-state index contributed by atoms with van der Waals surface area (Å²) in [4.78, 5) is 2.18. The third kappa shape index (κ3) is 2.89. The first kappa shape index (κ1) is 12.6. The van der Waals surface area contributed by atoms with E-state index in [2.05, 4.69) is 44.0 Å². The SMILES string of the molecule is Cc1ccc(N(C)Cc2ccc(F)cc2)c(C)c1. The van der Waals surface area contributed by atoms with Crippen LogP contribution in [0.25, 0.3) is 0 Å². The highest BCUT2D eigenvalue weighted by atomic mass is 19.1. The quantitative estimate of drug-likeness (QED) is 0.785. The minimum atomic E-state index is -0.187. The molecular weight excluding hydrogens is 225 g/mol. The van der Waals surface area contributed by atoms with Crippen molar-refractivity contribution in [1.29, 1.82) is 0 Å². The second kappa shape index (κ2) is 5.21. The van der Waals surface area contributed by atoms with Crippen LogP contribution in [0.3, 0.4) is 0 Å². The average Bonchev–Trinajstić information content (AvgIpc) is 2.32. The molecule has 0 fully saturated rings. The zero-order chi connectivity index (χ0) is 13.1. The predicted octanol–water partition coefficient (Wildman–Crippen LogP) is 4.08. The average molecular weight is 243 g/mol. The van der Waals surface area contributed by atoms with Gasteiger partial charge in [0.25, 0.3) is 0 Å². The molecule has 0 atom stereocenters. The summed E-state index contributed by atoms with van der Waals surface area (Å²) in [5.74, 6) is -0.187. The largest absolute Gasteiger partial charge is 0.370 e. The second-order valence-corrected chi connectivity index (χ2v) is 4.77. The van der Waals surface area contributed by atoms with E-state index >= 15 is 0 Å². The number of aryl methyl sites for hydroxylation is 2. The van der Waals surface area contributed by atoms with Crippen LogP contribution in [0.2, 0.25) is 0 Å². The highest BCUT2D eigenvalue weighted by molar-refractivity contribution is 5.54. The summed E-state index contributed by atoms with van der Waals surface area (Å²) >= 11 is 0. The Hall–Kier alpha value is -1.83. The minimum Gasteiger partial charge on any atom is -0.370 e. The van der Waals surface area contributed by atoms with Crippen molar-refractivity contribution in [2.45, 2.75) is 20.4 Å². The first-order valence-corrected chi connectivity index (χ1v) is 6.09. The van der Waals surface area contributed by atoms with E-state index in [4.69, 9.17) is 0 Å². The van der Waals surface area contributed by atoms with Crippen molar-refractivity contribution in [3.05, 3.63) is 65.0 Å². The number of nitrogens with zero attached hydrogens (tertiary/aromatic N) is 1.